The van der Waals surface area contributed by atoms with Gasteiger partial charge in [-0.15, -0.1) is 0 Å². The Kier molecular flexibility index (Phi) is 7.85. The average Bonchev–Trinajstić information content (AvgIpc) is 3.18. The van der Waals surface area contributed by atoms with Crippen molar-refractivity contribution in [2.24, 2.45) is 11.8 Å². The number of hydrogen-bond acceptors (Lipinski definition) is 4. The van der Waals surface area contributed by atoms with Crippen LogP contribution in [0.4, 0.5) is 4.79 Å². The van der Waals surface area contributed by atoms with Gasteiger partial charge in [0.2, 0.25) is 5.91 Å². The summed E-state index contributed by atoms with van der Waals surface area (Å²) in [6.45, 7) is 2.61. The molecule has 2 aliphatic carbocycles. The predicted molar refractivity (Wildman–Crippen MR) is 133 cm³/mol. The van der Waals surface area contributed by atoms with Crippen LogP contribution in [0.1, 0.15) is 49.7 Å². The van der Waals surface area contributed by atoms with E-state index in [1.807, 2.05) is 43.3 Å². The Morgan fingerprint density at radius 1 is 1.06 bits per heavy atom. The fourth-order valence-corrected chi connectivity index (χ4v) is 4.89. The summed E-state index contributed by atoms with van der Waals surface area (Å²) in [5.74, 6) is -1.07. The molecule has 7 nitrogen and oxygen atoms in total. The number of allylic oxidation sites excluding steroid dienone is 1. The lowest BCUT2D eigenvalue weighted by atomic mass is 9.90. The molecule has 184 valence electrons. The molecule has 0 fully saturated rings. The number of aliphatic carboxylic acids is 1. The number of alkyl carbamates (subject to hydrolysis) is 1. The van der Waals surface area contributed by atoms with E-state index in [4.69, 9.17) is 9.84 Å². The Morgan fingerprint density at radius 2 is 1.71 bits per heavy atom. The van der Waals surface area contributed by atoms with Crippen molar-refractivity contribution in [2.75, 3.05) is 13.2 Å². The molecule has 0 saturated heterocycles. The SMILES string of the molecule is CC(CCC(=O)O)CNC(=O)[C@@H]1CC=C[C@@H](NC(=O)OCC2c3ccccc3-c3ccccc32)C1. The van der Waals surface area contributed by atoms with Crippen LogP contribution in [0.15, 0.2) is 60.7 Å². The fraction of sp³-hybridized carbons (Fsp3) is 0.393. The molecule has 0 aromatic heterocycles. The number of carboxylic acid groups (broad SMARTS) is 1. The second kappa shape index (κ2) is 11.2. The van der Waals surface area contributed by atoms with Crippen LogP contribution in [0.2, 0.25) is 0 Å². The zero-order chi connectivity index (χ0) is 24.8. The third-order valence-electron chi connectivity index (χ3n) is 6.82. The van der Waals surface area contributed by atoms with Crippen LogP contribution in [0, 0.1) is 11.8 Å². The first-order chi connectivity index (χ1) is 16.9. The van der Waals surface area contributed by atoms with Crippen LogP contribution >= 0.6 is 0 Å². The molecule has 0 saturated carbocycles. The summed E-state index contributed by atoms with van der Waals surface area (Å²) in [5.41, 5.74) is 4.68. The molecule has 35 heavy (non-hydrogen) atoms. The number of benzene rings is 2. The Hall–Kier alpha value is -3.61. The topological polar surface area (TPSA) is 105 Å². The summed E-state index contributed by atoms with van der Waals surface area (Å²) in [7, 11) is 0. The van der Waals surface area contributed by atoms with E-state index < -0.39 is 12.1 Å². The molecular weight excluding hydrogens is 444 g/mol. The van der Waals surface area contributed by atoms with Crippen LogP contribution in [-0.4, -0.2) is 42.3 Å². The van der Waals surface area contributed by atoms with Gasteiger partial charge < -0.3 is 20.5 Å². The third-order valence-corrected chi connectivity index (χ3v) is 6.82. The number of hydrogen-bond donors (Lipinski definition) is 3. The Morgan fingerprint density at radius 3 is 2.37 bits per heavy atom. The number of ether oxygens (including phenoxy) is 1. The van der Waals surface area contributed by atoms with Crippen molar-refractivity contribution in [1.29, 1.82) is 0 Å². The zero-order valence-electron chi connectivity index (χ0n) is 19.9. The molecule has 2 amide bonds. The minimum Gasteiger partial charge on any atom is -0.481 e. The van der Waals surface area contributed by atoms with Gasteiger partial charge >= 0.3 is 12.1 Å². The molecule has 3 N–H and O–H groups in total. The molecule has 0 bridgehead atoms. The van der Waals surface area contributed by atoms with Gasteiger partial charge in [0.25, 0.3) is 0 Å². The van der Waals surface area contributed by atoms with E-state index in [0.29, 0.717) is 25.8 Å². The summed E-state index contributed by atoms with van der Waals surface area (Å²) in [6, 6.07) is 16.1. The number of fused-ring (bicyclic) bond motifs is 3. The van der Waals surface area contributed by atoms with Crippen molar-refractivity contribution in [2.45, 2.75) is 44.6 Å². The van der Waals surface area contributed by atoms with Gasteiger partial charge in [-0.1, -0.05) is 67.6 Å². The first-order valence-corrected chi connectivity index (χ1v) is 12.2. The number of carboxylic acids is 1. The van der Waals surface area contributed by atoms with E-state index in [-0.39, 0.29) is 42.7 Å². The number of carbonyl (C=O) groups is 3. The highest BCUT2D eigenvalue weighted by Crippen LogP contribution is 2.44. The second-order valence-electron chi connectivity index (χ2n) is 9.46. The van der Waals surface area contributed by atoms with E-state index >= 15 is 0 Å². The summed E-state index contributed by atoms with van der Waals surface area (Å²) in [4.78, 5) is 35.9. The molecule has 0 spiro atoms. The smallest absolute Gasteiger partial charge is 0.407 e. The molecule has 0 radical (unpaired) electrons. The molecule has 2 aromatic rings. The largest absolute Gasteiger partial charge is 0.481 e. The quantitative estimate of drug-likeness (QED) is 0.463. The minimum absolute atomic E-state index is 0.00306. The van der Waals surface area contributed by atoms with E-state index in [1.54, 1.807) is 0 Å². The molecule has 7 heteroatoms. The molecule has 2 aromatic carbocycles. The van der Waals surface area contributed by atoms with Gasteiger partial charge in [-0.05, 0) is 47.4 Å². The summed E-state index contributed by atoms with van der Waals surface area (Å²) < 4.78 is 5.63. The van der Waals surface area contributed by atoms with Gasteiger partial charge in [0.15, 0.2) is 0 Å². The van der Waals surface area contributed by atoms with Crippen molar-refractivity contribution < 1.29 is 24.2 Å². The predicted octanol–water partition coefficient (Wildman–Crippen LogP) is 4.48. The lowest BCUT2D eigenvalue weighted by Gasteiger charge is -2.25. The van der Waals surface area contributed by atoms with E-state index in [9.17, 15) is 14.4 Å². The molecule has 4 rings (SSSR count). The Bertz CT molecular complexity index is 1070. The highest BCUT2D eigenvalue weighted by Gasteiger charge is 2.30. The maximum Gasteiger partial charge on any atom is 0.407 e. The monoisotopic (exact) mass is 476 g/mol. The van der Waals surface area contributed by atoms with E-state index in [1.165, 1.54) is 11.1 Å². The standard InChI is InChI=1S/C28H32N2O5/c1-18(13-14-26(31)32)16-29-27(33)19-7-6-8-20(15-19)30-28(34)35-17-25-23-11-4-2-9-21(23)22-10-3-5-12-24(22)25/h2-6,8-12,18-20,25H,7,13-17H2,1H3,(H,29,33)(H,30,34)(H,31,32)/t18?,19-,20-/m1/s1. The highest BCUT2D eigenvalue weighted by molar-refractivity contribution is 5.80. The van der Waals surface area contributed by atoms with Gasteiger partial charge in [0.1, 0.15) is 6.61 Å². The van der Waals surface area contributed by atoms with Gasteiger partial charge in [0, 0.05) is 24.8 Å². The maximum atomic E-state index is 12.6. The number of amides is 2. The molecule has 1 unspecified atom stereocenters. The number of carbonyl (C=O) groups excluding carboxylic acids is 2. The van der Waals surface area contributed by atoms with Crippen molar-refractivity contribution in [1.82, 2.24) is 10.6 Å². The molecule has 2 aliphatic rings. The minimum atomic E-state index is -0.831. The van der Waals surface area contributed by atoms with Crippen LogP contribution in [-0.2, 0) is 14.3 Å². The Balaban J connectivity index is 1.26. The molecular formula is C28H32N2O5. The highest BCUT2D eigenvalue weighted by atomic mass is 16.5. The van der Waals surface area contributed by atoms with Crippen molar-refractivity contribution in [3.63, 3.8) is 0 Å². The van der Waals surface area contributed by atoms with Crippen molar-refractivity contribution in [3.05, 3.63) is 71.8 Å². The normalized spacial score (nSPS) is 19.3. The molecule has 0 aliphatic heterocycles. The summed E-state index contributed by atoms with van der Waals surface area (Å²) in [6.07, 6.45) is 5.04. The lowest BCUT2D eigenvalue weighted by molar-refractivity contribution is -0.137. The average molecular weight is 477 g/mol. The third kappa shape index (κ3) is 6.10. The van der Waals surface area contributed by atoms with Gasteiger partial charge in [-0.3, -0.25) is 9.59 Å². The second-order valence-corrected chi connectivity index (χ2v) is 9.46. The van der Waals surface area contributed by atoms with Gasteiger partial charge in [-0.2, -0.15) is 0 Å². The summed E-state index contributed by atoms with van der Waals surface area (Å²) in [5, 5.41) is 14.6. The summed E-state index contributed by atoms with van der Waals surface area (Å²) >= 11 is 0. The first-order valence-electron chi connectivity index (χ1n) is 12.2. The van der Waals surface area contributed by atoms with Gasteiger partial charge in [-0.25, -0.2) is 4.79 Å². The maximum absolute atomic E-state index is 12.6. The number of rotatable bonds is 9. The van der Waals surface area contributed by atoms with E-state index in [2.05, 4.69) is 34.9 Å². The Labute approximate surface area is 205 Å². The molecule has 0 heterocycles. The van der Waals surface area contributed by atoms with Crippen LogP contribution in [0.5, 0.6) is 0 Å². The molecule has 3 atom stereocenters. The van der Waals surface area contributed by atoms with Crippen LogP contribution < -0.4 is 10.6 Å². The first kappa shape index (κ1) is 24.5. The van der Waals surface area contributed by atoms with Crippen molar-refractivity contribution in [3.8, 4) is 11.1 Å². The van der Waals surface area contributed by atoms with Gasteiger partial charge in [0.05, 0.1) is 6.04 Å². The number of nitrogens with one attached hydrogen (secondary N) is 2. The van der Waals surface area contributed by atoms with E-state index in [0.717, 1.165) is 11.1 Å². The van der Waals surface area contributed by atoms with Crippen molar-refractivity contribution >= 4 is 18.0 Å². The zero-order valence-corrected chi connectivity index (χ0v) is 19.9. The van der Waals surface area contributed by atoms with Crippen LogP contribution in [0.3, 0.4) is 0 Å². The lowest BCUT2D eigenvalue weighted by Crippen LogP contribution is -2.41. The van der Waals surface area contributed by atoms with Crippen LogP contribution in [0.25, 0.3) is 11.1 Å². The fourth-order valence-electron chi connectivity index (χ4n) is 4.89.